The van der Waals surface area contributed by atoms with E-state index in [4.69, 9.17) is 4.74 Å². The average Bonchev–Trinajstić information content (AvgIpc) is 3.20. The van der Waals surface area contributed by atoms with E-state index in [9.17, 15) is 14.7 Å². The molecule has 0 aromatic heterocycles. The number of aromatic carboxylic acids is 1. The third-order valence-electron chi connectivity index (χ3n) is 6.69. The largest absolute Gasteiger partial charge is 0.478 e. The summed E-state index contributed by atoms with van der Waals surface area (Å²) < 4.78 is 5.79. The number of carboxylic acid groups (broad SMARTS) is 1. The number of benzene rings is 3. The van der Waals surface area contributed by atoms with Gasteiger partial charge in [0.2, 0.25) is 0 Å². The van der Waals surface area contributed by atoms with Gasteiger partial charge in [-0.3, -0.25) is 0 Å². The van der Waals surface area contributed by atoms with Crippen LogP contribution in [0.1, 0.15) is 27.4 Å². The van der Waals surface area contributed by atoms with Crippen molar-refractivity contribution in [3.05, 3.63) is 83.4 Å². The lowest BCUT2D eigenvalue weighted by atomic mass is 9.98. The highest BCUT2D eigenvalue weighted by Gasteiger charge is 2.30. The number of carboxylic acids is 1. The molecule has 3 aromatic rings. The second-order valence-electron chi connectivity index (χ2n) is 8.60. The van der Waals surface area contributed by atoms with Gasteiger partial charge in [0.05, 0.1) is 5.56 Å². The van der Waals surface area contributed by atoms with E-state index in [1.165, 1.54) is 22.3 Å². The van der Waals surface area contributed by atoms with Gasteiger partial charge < -0.3 is 25.0 Å². The molecular formula is C27H27N3O4. The number of hydrogen-bond donors (Lipinski definition) is 2. The van der Waals surface area contributed by atoms with Crippen molar-refractivity contribution in [1.82, 2.24) is 4.90 Å². The van der Waals surface area contributed by atoms with Gasteiger partial charge in [0.1, 0.15) is 6.61 Å². The number of carbonyl (C=O) groups excluding carboxylic acids is 1. The molecule has 0 spiro atoms. The van der Waals surface area contributed by atoms with Gasteiger partial charge in [-0.1, -0.05) is 48.5 Å². The Bertz CT molecular complexity index is 1190. The summed E-state index contributed by atoms with van der Waals surface area (Å²) in [7, 11) is 1.76. The predicted molar refractivity (Wildman–Crippen MR) is 132 cm³/mol. The van der Waals surface area contributed by atoms with Crippen molar-refractivity contribution in [2.24, 2.45) is 0 Å². The SMILES string of the molecule is CNc1cc(C(=O)O)cc(N2CCN(C(=O)OCC3c4ccccc4-c4ccccc43)CC2)c1. The summed E-state index contributed by atoms with van der Waals surface area (Å²) in [6, 6.07) is 21.8. The first-order valence-corrected chi connectivity index (χ1v) is 11.5. The van der Waals surface area contributed by atoms with E-state index in [0.29, 0.717) is 32.8 Å². The Morgan fingerprint density at radius 1 is 0.941 bits per heavy atom. The number of nitrogens with zero attached hydrogens (tertiary/aromatic N) is 2. The Morgan fingerprint density at radius 3 is 2.15 bits per heavy atom. The summed E-state index contributed by atoms with van der Waals surface area (Å²) in [4.78, 5) is 28.2. The van der Waals surface area contributed by atoms with Crippen LogP contribution in [0.25, 0.3) is 11.1 Å². The number of piperazine rings is 1. The molecule has 0 saturated carbocycles. The van der Waals surface area contributed by atoms with Crippen LogP contribution in [0.2, 0.25) is 0 Å². The minimum atomic E-state index is -0.962. The van der Waals surface area contributed by atoms with Crippen molar-refractivity contribution in [2.45, 2.75) is 5.92 Å². The molecule has 5 rings (SSSR count). The van der Waals surface area contributed by atoms with Gasteiger partial charge in [-0.05, 0) is 40.5 Å². The van der Waals surface area contributed by atoms with E-state index >= 15 is 0 Å². The van der Waals surface area contributed by atoms with Gasteiger partial charge in [-0.25, -0.2) is 9.59 Å². The predicted octanol–water partition coefficient (Wildman–Crippen LogP) is 4.50. The quantitative estimate of drug-likeness (QED) is 0.587. The van der Waals surface area contributed by atoms with E-state index in [1.807, 2.05) is 30.3 Å². The summed E-state index contributed by atoms with van der Waals surface area (Å²) in [6.45, 7) is 2.55. The summed E-state index contributed by atoms with van der Waals surface area (Å²) in [6.07, 6.45) is -0.309. The minimum absolute atomic E-state index is 0.0383. The van der Waals surface area contributed by atoms with Crippen LogP contribution in [0.15, 0.2) is 66.7 Å². The number of rotatable bonds is 5. The number of carbonyl (C=O) groups is 2. The molecule has 0 radical (unpaired) electrons. The Hall–Kier alpha value is -4.00. The Balaban J connectivity index is 1.22. The Kier molecular flexibility index (Phi) is 5.84. The molecule has 0 unspecified atom stereocenters. The summed E-state index contributed by atoms with van der Waals surface area (Å²) >= 11 is 0. The number of anilines is 2. The van der Waals surface area contributed by atoms with Gasteiger partial charge in [-0.2, -0.15) is 0 Å². The van der Waals surface area contributed by atoms with Gasteiger partial charge in [0.15, 0.2) is 0 Å². The van der Waals surface area contributed by atoms with Crippen molar-refractivity contribution in [3.8, 4) is 11.1 Å². The first-order chi connectivity index (χ1) is 16.5. The maximum absolute atomic E-state index is 12.9. The van der Waals surface area contributed by atoms with Crippen LogP contribution in [-0.2, 0) is 4.74 Å². The molecule has 1 fully saturated rings. The highest BCUT2D eigenvalue weighted by atomic mass is 16.6. The molecule has 34 heavy (non-hydrogen) atoms. The van der Waals surface area contributed by atoms with Crippen molar-refractivity contribution in [3.63, 3.8) is 0 Å². The second kappa shape index (κ2) is 9.09. The topological polar surface area (TPSA) is 82.1 Å². The lowest BCUT2D eigenvalue weighted by molar-refractivity contribution is 0.0697. The number of fused-ring (bicyclic) bond motifs is 3. The Morgan fingerprint density at radius 2 is 1.56 bits per heavy atom. The molecule has 174 valence electrons. The van der Waals surface area contributed by atoms with Crippen molar-refractivity contribution >= 4 is 23.4 Å². The van der Waals surface area contributed by atoms with Gasteiger partial charge in [-0.15, -0.1) is 0 Å². The van der Waals surface area contributed by atoms with Crippen LogP contribution >= 0.6 is 0 Å². The van der Waals surface area contributed by atoms with Gasteiger partial charge in [0.25, 0.3) is 0 Å². The van der Waals surface area contributed by atoms with Crippen molar-refractivity contribution < 1.29 is 19.4 Å². The summed E-state index contributed by atoms with van der Waals surface area (Å²) in [5.74, 6) is -0.924. The first-order valence-electron chi connectivity index (χ1n) is 11.5. The zero-order chi connectivity index (χ0) is 23.7. The first kappa shape index (κ1) is 21.8. The van der Waals surface area contributed by atoms with Crippen LogP contribution < -0.4 is 10.2 Å². The fourth-order valence-corrected chi connectivity index (χ4v) is 4.89. The molecule has 2 N–H and O–H groups in total. The van der Waals surface area contributed by atoms with Gasteiger partial charge >= 0.3 is 12.1 Å². The second-order valence-corrected chi connectivity index (χ2v) is 8.60. The summed E-state index contributed by atoms with van der Waals surface area (Å²) in [5, 5.41) is 12.4. The minimum Gasteiger partial charge on any atom is -0.478 e. The average molecular weight is 458 g/mol. The normalized spacial score (nSPS) is 15.0. The maximum atomic E-state index is 12.9. The molecule has 3 aromatic carbocycles. The molecular weight excluding hydrogens is 430 g/mol. The molecule has 1 heterocycles. The molecule has 7 nitrogen and oxygen atoms in total. The van der Waals surface area contributed by atoms with Crippen LogP contribution in [-0.4, -0.2) is 61.9 Å². The third-order valence-corrected chi connectivity index (χ3v) is 6.69. The number of ether oxygens (including phenoxy) is 1. The smallest absolute Gasteiger partial charge is 0.409 e. The number of nitrogens with one attached hydrogen (secondary N) is 1. The molecule has 0 bridgehead atoms. The van der Waals surface area contributed by atoms with E-state index < -0.39 is 5.97 Å². The van der Waals surface area contributed by atoms with E-state index in [1.54, 1.807) is 24.1 Å². The summed E-state index contributed by atoms with van der Waals surface area (Å²) in [5.41, 5.74) is 6.61. The van der Waals surface area contributed by atoms with E-state index in [-0.39, 0.29) is 17.6 Å². The lowest BCUT2D eigenvalue weighted by Gasteiger charge is -2.36. The molecule has 1 amide bonds. The number of hydrogen-bond acceptors (Lipinski definition) is 5. The van der Waals surface area contributed by atoms with Crippen LogP contribution in [0.3, 0.4) is 0 Å². The molecule has 0 atom stereocenters. The highest BCUT2D eigenvalue weighted by molar-refractivity contribution is 5.90. The molecule has 2 aliphatic rings. The highest BCUT2D eigenvalue weighted by Crippen LogP contribution is 2.44. The zero-order valence-electron chi connectivity index (χ0n) is 19.0. The van der Waals surface area contributed by atoms with Crippen LogP contribution in [0.5, 0.6) is 0 Å². The van der Waals surface area contributed by atoms with E-state index in [0.717, 1.165) is 11.4 Å². The molecule has 1 aliphatic carbocycles. The fourth-order valence-electron chi connectivity index (χ4n) is 4.89. The molecule has 1 aliphatic heterocycles. The third kappa shape index (κ3) is 4.05. The molecule has 7 heteroatoms. The monoisotopic (exact) mass is 457 g/mol. The zero-order valence-corrected chi connectivity index (χ0v) is 19.0. The Labute approximate surface area is 198 Å². The van der Waals surface area contributed by atoms with E-state index in [2.05, 4.69) is 34.5 Å². The number of amides is 1. The van der Waals surface area contributed by atoms with Gasteiger partial charge in [0, 0.05) is 50.5 Å². The maximum Gasteiger partial charge on any atom is 0.409 e. The lowest BCUT2D eigenvalue weighted by Crippen LogP contribution is -2.49. The van der Waals surface area contributed by atoms with Crippen molar-refractivity contribution in [1.29, 1.82) is 0 Å². The standard InChI is InChI=1S/C27H27N3O4/c1-28-19-14-18(26(31)32)15-20(16-19)29-10-12-30(13-11-29)27(33)34-17-25-23-8-4-2-6-21(23)22-7-3-5-9-24(22)25/h2-9,14-16,25,28H,10-13,17H2,1H3,(H,31,32). The van der Waals surface area contributed by atoms with Crippen LogP contribution in [0.4, 0.5) is 16.2 Å². The van der Waals surface area contributed by atoms with Crippen LogP contribution in [0, 0.1) is 0 Å². The molecule has 1 saturated heterocycles. The van der Waals surface area contributed by atoms with Crippen molar-refractivity contribution in [2.75, 3.05) is 50.1 Å². The fraction of sp³-hybridized carbons (Fsp3) is 0.259.